The molecule has 0 aliphatic rings. The number of carboxylic acid groups (broad SMARTS) is 1. The van der Waals surface area contributed by atoms with Crippen molar-refractivity contribution in [3.63, 3.8) is 0 Å². The van der Waals surface area contributed by atoms with E-state index in [1.165, 1.54) is 18.2 Å². The quantitative estimate of drug-likeness (QED) is 0.493. The van der Waals surface area contributed by atoms with Crippen molar-refractivity contribution in [2.75, 3.05) is 6.61 Å². The number of carboxylic acids is 1. The summed E-state index contributed by atoms with van der Waals surface area (Å²) >= 11 is 0. The molecule has 2 rings (SSSR count). The largest absolute Gasteiger partial charge is 0.478 e. The minimum Gasteiger partial charge on any atom is -0.478 e. The molecule has 0 spiro atoms. The van der Waals surface area contributed by atoms with Crippen molar-refractivity contribution in [1.82, 2.24) is 0 Å². The van der Waals surface area contributed by atoms with Gasteiger partial charge < -0.3 is 14.6 Å². The van der Waals surface area contributed by atoms with Crippen LogP contribution in [0.1, 0.15) is 33.2 Å². The summed E-state index contributed by atoms with van der Waals surface area (Å²) in [7, 11) is 0. The van der Waals surface area contributed by atoms with Crippen LogP contribution in [0.2, 0.25) is 0 Å². The van der Waals surface area contributed by atoms with E-state index < -0.39 is 17.9 Å². The Balaban J connectivity index is 2.24. The molecule has 6 heteroatoms. The van der Waals surface area contributed by atoms with Crippen LogP contribution in [0.4, 0.5) is 0 Å². The molecule has 0 radical (unpaired) electrons. The first kappa shape index (κ1) is 17.9. The van der Waals surface area contributed by atoms with Crippen LogP contribution in [-0.2, 0) is 9.53 Å². The smallest absolute Gasteiger partial charge is 0.341 e. The second kappa shape index (κ2) is 8.44. The summed E-state index contributed by atoms with van der Waals surface area (Å²) in [5.74, 6) is -2.81. The standard InChI is InChI=1S/C19H16O6/c1-2-24-19(23)15-10-9-14(18(21)22)12-16(15)25-17(20)11-8-13-6-4-3-5-7-13/h3-12H,2H2,1H3,(H,21,22)/b11-8+. The van der Waals surface area contributed by atoms with Crippen molar-refractivity contribution in [2.24, 2.45) is 0 Å². The van der Waals surface area contributed by atoms with E-state index in [4.69, 9.17) is 14.6 Å². The Morgan fingerprint density at radius 3 is 2.44 bits per heavy atom. The van der Waals surface area contributed by atoms with Crippen LogP contribution in [0.5, 0.6) is 5.75 Å². The van der Waals surface area contributed by atoms with Crippen molar-refractivity contribution >= 4 is 24.0 Å². The summed E-state index contributed by atoms with van der Waals surface area (Å²) in [6, 6.07) is 12.7. The molecule has 0 heterocycles. The number of aromatic carboxylic acids is 1. The maximum atomic E-state index is 12.0. The molecule has 0 aliphatic heterocycles. The molecule has 0 saturated heterocycles. The topological polar surface area (TPSA) is 89.9 Å². The zero-order chi connectivity index (χ0) is 18.2. The fourth-order valence-corrected chi connectivity index (χ4v) is 1.99. The third kappa shape index (κ3) is 5.04. The lowest BCUT2D eigenvalue weighted by atomic mass is 10.1. The summed E-state index contributed by atoms with van der Waals surface area (Å²) in [6.45, 7) is 1.78. The number of carbonyl (C=O) groups excluding carboxylic acids is 2. The van der Waals surface area contributed by atoms with Gasteiger partial charge in [-0.15, -0.1) is 0 Å². The molecule has 0 bridgehead atoms. The van der Waals surface area contributed by atoms with Crippen LogP contribution in [0, 0.1) is 0 Å². The molecule has 2 aromatic carbocycles. The number of carbonyl (C=O) groups is 3. The van der Waals surface area contributed by atoms with Gasteiger partial charge in [-0.05, 0) is 36.8 Å². The Kier molecular flexibility index (Phi) is 6.06. The Labute approximate surface area is 144 Å². The van der Waals surface area contributed by atoms with Crippen molar-refractivity contribution in [3.05, 3.63) is 71.3 Å². The van der Waals surface area contributed by atoms with E-state index in [9.17, 15) is 14.4 Å². The highest BCUT2D eigenvalue weighted by Crippen LogP contribution is 2.22. The molecule has 2 aromatic rings. The molecular weight excluding hydrogens is 324 g/mol. The van der Waals surface area contributed by atoms with Crippen molar-refractivity contribution in [3.8, 4) is 5.75 Å². The van der Waals surface area contributed by atoms with Crippen LogP contribution in [0.25, 0.3) is 6.08 Å². The van der Waals surface area contributed by atoms with Crippen molar-refractivity contribution < 1.29 is 29.0 Å². The first-order chi connectivity index (χ1) is 12.0. The van der Waals surface area contributed by atoms with E-state index in [1.54, 1.807) is 25.1 Å². The molecule has 1 N–H and O–H groups in total. The fourth-order valence-electron chi connectivity index (χ4n) is 1.99. The molecular formula is C19H16O6. The van der Waals surface area contributed by atoms with Gasteiger partial charge in [0.15, 0.2) is 0 Å². The van der Waals surface area contributed by atoms with E-state index in [0.29, 0.717) is 0 Å². The normalized spacial score (nSPS) is 10.4. The van der Waals surface area contributed by atoms with Gasteiger partial charge in [-0.25, -0.2) is 14.4 Å². The van der Waals surface area contributed by atoms with Gasteiger partial charge in [0.2, 0.25) is 0 Å². The van der Waals surface area contributed by atoms with Gasteiger partial charge in [-0.1, -0.05) is 30.3 Å². The highest BCUT2D eigenvalue weighted by atomic mass is 16.5. The average molecular weight is 340 g/mol. The molecule has 6 nitrogen and oxygen atoms in total. The Hall–Kier alpha value is -3.41. The summed E-state index contributed by atoms with van der Waals surface area (Å²) in [5.41, 5.74) is 0.667. The zero-order valence-corrected chi connectivity index (χ0v) is 13.5. The summed E-state index contributed by atoms with van der Waals surface area (Å²) in [6.07, 6.45) is 2.74. The third-order valence-corrected chi connectivity index (χ3v) is 3.15. The summed E-state index contributed by atoms with van der Waals surface area (Å²) < 4.78 is 10.0. The Morgan fingerprint density at radius 1 is 1.08 bits per heavy atom. The molecule has 0 fully saturated rings. The predicted molar refractivity (Wildman–Crippen MR) is 90.5 cm³/mol. The Bertz CT molecular complexity index is 808. The minimum absolute atomic E-state index is 0.0201. The number of hydrogen-bond acceptors (Lipinski definition) is 5. The van der Waals surface area contributed by atoms with E-state index in [-0.39, 0.29) is 23.5 Å². The van der Waals surface area contributed by atoms with Crippen molar-refractivity contribution in [1.29, 1.82) is 0 Å². The SMILES string of the molecule is CCOC(=O)c1ccc(C(=O)O)cc1OC(=O)/C=C/c1ccccc1. The molecule has 0 amide bonds. The summed E-state index contributed by atoms with van der Waals surface area (Å²) in [5, 5.41) is 9.06. The lowest BCUT2D eigenvalue weighted by Crippen LogP contribution is -2.12. The Morgan fingerprint density at radius 2 is 1.80 bits per heavy atom. The molecule has 0 atom stereocenters. The molecule has 128 valence electrons. The molecule has 0 aliphatic carbocycles. The second-order valence-corrected chi connectivity index (χ2v) is 4.90. The summed E-state index contributed by atoms with van der Waals surface area (Å²) in [4.78, 5) is 35.0. The van der Waals surface area contributed by atoms with E-state index in [1.807, 2.05) is 18.2 Å². The van der Waals surface area contributed by atoms with Crippen LogP contribution in [0.15, 0.2) is 54.6 Å². The molecule has 0 aromatic heterocycles. The van der Waals surface area contributed by atoms with Crippen LogP contribution in [-0.4, -0.2) is 29.6 Å². The van der Waals surface area contributed by atoms with Crippen LogP contribution in [0.3, 0.4) is 0 Å². The highest BCUT2D eigenvalue weighted by Gasteiger charge is 2.18. The monoisotopic (exact) mass is 340 g/mol. The van der Waals surface area contributed by atoms with Crippen molar-refractivity contribution in [2.45, 2.75) is 6.92 Å². The number of hydrogen-bond donors (Lipinski definition) is 1. The zero-order valence-electron chi connectivity index (χ0n) is 13.5. The molecule has 0 unspecified atom stereocenters. The van der Waals surface area contributed by atoms with Crippen LogP contribution >= 0.6 is 0 Å². The van der Waals surface area contributed by atoms with Gasteiger partial charge in [-0.3, -0.25) is 0 Å². The second-order valence-electron chi connectivity index (χ2n) is 4.90. The maximum absolute atomic E-state index is 12.0. The molecule has 25 heavy (non-hydrogen) atoms. The fraction of sp³-hybridized carbons (Fsp3) is 0.105. The predicted octanol–water partition coefficient (Wildman–Crippen LogP) is 3.18. The number of benzene rings is 2. The van der Waals surface area contributed by atoms with E-state index in [0.717, 1.165) is 11.6 Å². The maximum Gasteiger partial charge on any atom is 0.341 e. The third-order valence-electron chi connectivity index (χ3n) is 3.15. The van der Waals surface area contributed by atoms with Gasteiger partial charge in [-0.2, -0.15) is 0 Å². The first-order valence-corrected chi connectivity index (χ1v) is 7.50. The van der Waals surface area contributed by atoms with Gasteiger partial charge in [0.1, 0.15) is 11.3 Å². The van der Waals surface area contributed by atoms with Gasteiger partial charge in [0, 0.05) is 6.08 Å². The van der Waals surface area contributed by atoms with E-state index in [2.05, 4.69) is 0 Å². The number of esters is 2. The highest BCUT2D eigenvalue weighted by molar-refractivity contribution is 5.97. The lowest BCUT2D eigenvalue weighted by molar-refractivity contribution is -0.128. The lowest BCUT2D eigenvalue weighted by Gasteiger charge is -2.09. The number of rotatable bonds is 6. The van der Waals surface area contributed by atoms with Crippen LogP contribution < -0.4 is 4.74 Å². The van der Waals surface area contributed by atoms with Gasteiger partial charge in [0.05, 0.1) is 12.2 Å². The first-order valence-electron chi connectivity index (χ1n) is 7.50. The van der Waals surface area contributed by atoms with Gasteiger partial charge >= 0.3 is 17.9 Å². The average Bonchev–Trinajstić information content (AvgIpc) is 2.61. The van der Waals surface area contributed by atoms with Gasteiger partial charge in [0.25, 0.3) is 0 Å². The number of ether oxygens (including phenoxy) is 2. The molecule has 0 saturated carbocycles. The van der Waals surface area contributed by atoms with E-state index >= 15 is 0 Å². The minimum atomic E-state index is -1.20.